The van der Waals surface area contributed by atoms with Gasteiger partial charge in [-0.1, -0.05) is 17.7 Å². The lowest BCUT2D eigenvalue weighted by molar-refractivity contribution is 0.791. The molecular formula is C14H11BrClN5. The SMILES string of the molecule is Cc1ccc(N)cc1-c1nnnn1-c1ccc(Br)c(Cl)c1. The van der Waals surface area contributed by atoms with Crippen LogP contribution in [-0.2, 0) is 0 Å². The van der Waals surface area contributed by atoms with Crippen molar-refractivity contribution in [3.8, 4) is 17.1 Å². The molecule has 0 saturated heterocycles. The quantitative estimate of drug-likeness (QED) is 0.705. The zero-order valence-corrected chi connectivity index (χ0v) is 13.4. The van der Waals surface area contributed by atoms with E-state index in [0.717, 1.165) is 21.3 Å². The van der Waals surface area contributed by atoms with E-state index in [9.17, 15) is 0 Å². The summed E-state index contributed by atoms with van der Waals surface area (Å²) in [6.07, 6.45) is 0. The molecule has 3 rings (SSSR count). The highest BCUT2D eigenvalue weighted by Crippen LogP contribution is 2.28. The number of tetrazole rings is 1. The van der Waals surface area contributed by atoms with E-state index >= 15 is 0 Å². The summed E-state index contributed by atoms with van der Waals surface area (Å²) >= 11 is 9.50. The van der Waals surface area contributed by atoms with Crippen molar-refractivity contribution in [2.45, 2.75) is 6.92 Å². The number of rotatable bonds is 2. The molecule has 0 fully saturated rings. The van der Waals surface area contributed by atoms with Gasteiger partial charge in [-0.05, 0) is 69.2 Å². The first-order valence-electron chi connectivity index (χ1n) is 6.16. The van der Waals surface area contributed by atoms with Gasteiger partial charge in [0.05, 0.1) is 10.7 Å². The maximum Gasteiger partial charge on any atom is 0.187 e. The van der Waals surface area contributed by atoms with E-state index in [-0.39, 0.29) is 0 Å². The van der Waals surface area contributed by atoms with E-state index in [1.54, 1.807) is 10.7 Å². The van der Waals surface area contributed by atoms with Gasteiger partial charge in [-0.15, -0.1) is 5.10 Å². The van der Waals surface area contributed by atoms with Crippen molar-refractivity contribution in [3.05, 3.63) is 51.5 Å². The zero-order chi connectivity index (χ0) is 15.0. The summed E-state index contributed by atoms with van der Waals surface area (Å²) < 4.78 is 2.46. The molecule has 0 amide bonds. The summed E-state index contributed by atoms with van der Waals surface area (Å²) in [4.78, 5) is 0. The first-order chi connectivity index (χ1) is 10.1. The minimum absolute atomic E-state index is 0.596. The number of anilines is 1. The van der Waals surface area contributed by atoms with Crippen LogP contribution in [0.5, 0.6) is 0 Å². The van der Waals surface area contributed by atoms with E-state index in [2.05, 4.69) is 31.5 Å². The van der Waals surface area contributed by atoms with Gasteiger partial charge in [-0.25, -0.2) is 0 Å². The Hall–Kier alpha value is -1.92. The number of hydrogen-bond acceptors (Lipinski definition) is 4. The Labute approximate surface area is 134 Å². The monoisotopic (exact) mass is 363 g/mol. The Balaban J connectivity index is 2.17. The number of aromatic nitrogens is 4. The minimum Gasteiger partial charge on any atom is -0.399 e. The fraction of sp³-hybridized carbons (Fsp3) is 0.0714. The molecule has 106 valence electrons. The molecule has 21 heavy (non-hydrogen) atoms. The van der Waals surface area contributed by atoms with Gasteiger partial charge in [-0.2, -0.15) is 4.68 Å². The van der Waals surface area contributed by atoms with Crippen molar-refractivity contribution in [2.24, 2.45) is 0 Å². The van der Waals surface area contributed by atoms with Gasteiger partial charge < -0.3 is 5.73 Å². The summed E-state index contributed by atoms with van der Waals surface area (Å²) in [5.41, 5.74) is 9.24. The fourth-order valence-corrected chi connectivity index (χ4v) is 2.45. The lowest BCUT2D eigenvalue weighted by Crippen LogP contribution is -2.01. The zero-order valence-electron chi connectivity index (χ0n) is 11.1. The lowest BCUT2D eigenvalue weighted by Gasteiger charge is -2.08. The molecule has 0 unspecified atom stereocenters. The lowest BCUT2D eigenvalue weighted by atomic mass is 10.1. The van der Waals surface area contributed by atoms with E-state index in [4.69, 9.17) is 17.3 Å². The summed E-state index contributed by atoms with van der Waals surface area (Å²) in [5.74, 6) is 0.623. The predicted molar refractivity (Wildman–Crippen MR) is 86.4 cm³/mol. The van der Waals surface area contributed by atoms with Crippen LogP contribution in [-0.4, -0.2) is 20.2 Å². The van der Waals surface area contributed by atoms with Crippen LogP contribution in [0.1, 0.15) is 5.56 Å². The first-order valence-corrected chi connectivity index (χ1v) is 7.33. The number of nitrogen functional groups attached to an aromatic ring is 1. The van der Waals surface area contributed by atoms with Crippen molar-refractivity contribution < 1.29 is 0 Å². The van der Waals surface area contributed by atoms with Gasteiger partial charge >= 0.3 is 0 Å². The van der Waals surface area contributed by atoms with E-state index in [1.165, 1.54) is 0 Å². The van der Waals surface area contributed by atoms with E-state index in [0.29, 0.717) is 16.5 Å². The standard InChI is InChI=1S/C14H11BrClN5/c1-8-2-3-9(17)6-11(8)14-18-19-20-21(14)10-4-5-12(15)13(16)7-10/h2-7H,17H2,1H3. The van der Waals surface area contributed by atoms with Gasteiger partial charge in [0.25, 0.3) is 0 Å². The third-order valence-electron chi connectivity index (χ3n) is 3.12. The smallest absolute Gasteiger partial charge is 0.187 e. The van der Waals surface area contributed by atoms with Crippen molar-refractivity contribution in [1.29, 1.82) is 0 Å². The Morgan fingerprint density at radius 2 is 2.00 bits per heavy atom. The number of halogens is 2. The number of aryl methyl sites for hydroxylation is 1. The molecule has 0 atom stereocenters. The summed E-state index contributed by atoms with van der Waals surface area (Å²) in [6, 6.07) is 11.2. The van der Waals surface area contributed by atoms with Crippen molar-refractivity contribution in [1.82, 2.24) is 20.2 Å². The average Bonchev–Trinajstić information content (AvgIpc) is 2.93. The Kier molecular flexibility index (Phi) is 3.65. The van der Waals surface area contributed by atoms with Crippen LogP contribution in [0.15, 0.2) is 40.9 Å². The maximum atomic E-state index is 6.14. The second-order valence-corrected chi connectivity index (χ2v) is 5.85. The molecule has 1 aromatic heterocycles. The molecule has 2 N–H and O–H groups in total. The van der Waals surface area contributed by atoms with Gasteiger partial charge in [0.1, 0.15) is 0 Å². The molecule has 2 aromatic carbocycles. The van der Waals surface area contributed by atoms with Crippen molar-refractivity contribution in [3.63, 3.8) is 0 Å². The summed E-state index contributed by atoms with van der Waals surface area (Å²) in [5, 5.41) is 12.5. The topological polar surface area (TPSA) is 69.6 Å². The third-order valence-corrected chi connectivity index (χ3v) is 4.35. The molecule has 3 aromatic rings. The Morgan fingerprint density at radius 3 is 2.76 bits per heavy atom. The molecule has 0 aliphatic rings. The second kappa shape index (κ2) is 5.46. The first kappa shape index (κ1) is 14.0. The Bertz CT molecular complexity index is 815. The van der Waals surface area contributed by atoms with Crippen LogP contribution in [0.25, 0.3) is 17.1 Å². The molecule has 0 aliphatic carbocycles. The molecule has 0 spiro atoms. The largest absolute Gasteiger partial charge is 0.399 e. The van der Waals surface area contributed by atoms with Gasteiger partial charge in [0.2, 0.25) is 0 Å². The highest BCUT2D eigenvalue weighted by Gasteiger charge is 2.14. The molecule has 0 aliphatic heterocycles. The summed E-state index contributed by atoms with van der Waals surface area (Å²) in [6.45, 7) is 1.99. The van der Waals surface area contributed by atoms with E-state index in [1.807, 2.05) is 37.3 Å². The molecule has 0 saturated carbocycles. The Morgan fingerprint density at radius 1 is 1.19 bits per heavy atom. The number of nitrogens with zero attached hydrogens (tertiary/aromatic N) is 4. The highest BCUT2D eigenvalue weighted by atomic mass is 79.9. The van der Waals surface area contributed by atoms with Crippen LogP contribution in [0.2, 0.25) is 5.02 Å². The highest BCUT2D eigenvalue weighted by molar-refractivity contribution is 9.10. The predicted octanol–water partition coefficient (Wildman–Crippen LogP) is 3.64. The van der Waals surface area contributed by atoms with Gasteiger partial charge in [0, 0.05) is 15.7 Å². The van der Waals surface area contributed by atoms with Crippen LogP contribution >= 0.6 is 27.5 Å². The van der Waals surface area contributed by atoms with Crippen molar-refractivity contribution >= 4 is 33.2 Å². The number of benzene rings is 2. The normalized spacial score (nSPS) is 10.8. The number of nitrogens with two attached hydrogens (primary N) is 1. The molecule has 1 heterocycles. The van der Waals surface area contributed by atoms with Gasteiger partial charge in [0.15, 0.2) is 5.82 Å². The number of hydrogen-bond donors (Lipinski definition) is 1. The maximum absolute atomic E-state index is 6.14. The molecule has 0 bridgehead atoms. The van der Waals surface area contributed by atoms with Crippen molar-refractivity contribution in [2.75, 3.05) is 5.73 Å². The fourth-order valence-electron chi connectivity index (χ4n) is 2.03. The average molecular weight is 365 g/mol. The van der Waals surface area contributed by atoms with E-state index < -0.39 is 0 Å². The molecular weight excluding hydrogens is 354 g/mol. The van der Waals surface area contributed by atoms with Crippen LogP contribution in [0, 0.1) is 6.92 Å². The molecule has 0 radical (unpaired) electrons. The molecule has 5 nitrogen and oxygen atoms in total. The summed E-state index contributed by atoms with van der Waals surface area (Å²) in [7, 11) is 0. The van der Waals surface area contributed by atoms with Crippen LogP contribution in [0.4, 0.5) is 5.69 Å². The van der Waals surface area contributed by atoms with Crippen LogP contribution in [0.3, 0.4) is 0 Å². The van der Waals surface area contributed by atoms with Crippen LogP contribution < -0.4 is 5.73 Å². The molecule has 7 heteroatoms. The third kappa shape index (κ3) is 2.64. The second-order valence-electron chi connectivity index (χ2n) is 4.59. The minimum atomic E-state index is 0.596. The van der Waals surface area contributed by atoms with Gasteiger partial charge in [-0.3, -0.25) is 0 Å².